The number of thioether (sulfide) groups is 1. The summed E-state index contributed by atoms with van der Waals surface area (Å²) in [5, 5.41) is 9.29. The van der Waals surface area contributed by atoms with Crippen LogP contribution in [0.5, 0.6) is 0 Å². The molecule has 1 amide bonds. The van der Waals surface area contributed by atoms with Gasteiger partial charge in [-0.25, -0.2) is 9.18 Å². The minimum absolute atomic E-state index is 0.0523. The summed E-state index contributed by atoms with van der Waals surface area (Å²) in [6.45, 7) is -0.0363. The normalized spacial score (nSPS) is 25.6. The quantitative estimate of drug-likeness (QED) is 0.749. The van der Waals surface area contributed by atoms with Crippen LogP contribution in [0, 0.1) is 5.82 Å². The van der Waals surface area contributed by atoms with Crippen LogP contribution in [0.25, 0.3) is 0 Å². The number of nitrogens with zero attached hydrogens (tertiary/aromatic N) is 2. The Bertz CT molecular complexity index is 854. The number of ketones is 1. The van der Waals surface area contributed by atoms with Gasteiger partial charge in [0.25, 0.3) is 0 Å². The van der Waals surface area contributed by atoms with Crippen molar-refractivity contribution < 1.29 is 19.1 Å². The molecule has 0 aromatic heterocycles. The second kappa shape index (κ2) is 6.25. The Morgan fingerprint density at radius 1 is 1.40 bits per heavy atom. The molecule has 4 rings (SSSR count). The van der Waals surface area contributed by atoms with Crippen LogP contribution in [0.4, 0.5) is 9.18 Å². The molecule has 1 saturated heterocycles. The van der Waals surface area contributed by atoms with Gasteiger partial charge in [0, 0.05) is 17.2 Å². The minimum atomic E-state index is -1.12. The van der Waals surface area contributed by atoms with E-state index in [-0.39, 0.29) is 35.9 Å². The molecule has 3 aliphatic heterocycles. The third-order valence-corrected chi connectivity index (χ3v) is 6.69. The molecule has 5 nitrogen and oxygen atoms in total. The van der Waals surface area contributed by atoms with E-state index in [0.717, 1.165) is 28.3 Å². The number of rotatable bonds is 1. The zero-order valence-corrected chi connectivity index (χ0v) is 15.4. The number of hydrogen-bond donors (Lipinski definition) is 1. The number of amides is 1. The van der Waals surface area contributed by atoms with E-state index in [0.29, 0.717) is 15.7 Å². The first kappa shape index (κ1) is 16.8. The number of fused-ring (bicyclic) bond motifs is 1. The van der Waals surface area contributed by atoms with Crippen molar-refractivity contribution in [1.82, 2.24) is 4.90 Å². The zero-order valence-electron chi connectivity index (χ0n) is 13.0. The first-order valence-electron chi connectivity index (χ1n) is 7.84. The third-order valence-electron chi connectivity index (χ3n) is 4.74. The first-order valence-corrected chi connectivity index (χ1v) is 9.68. The van der Waals surface area contributed by atoms with Crippen molar-refractivity contribution in [2.24, 2.45) is 4.99 Å². The van der Waals surface area contributed by atoms with Crippen LogP contribution in [0.15, 0.2) is 38.9 Å². The van der Waals surface area contributed by atoms with Crippen molar-refractivity contribution >= 4 is 45.3 Å². The van der Waals surface area contributed by atoms with E-state index in [1.165, 1.54) is 6.07 Å². The Morgan fingerprint density at radius 2 is 2.20 bits per heavy atom. The van der Waals surface area contributed by atoms with Crippen LogP contribution >= 0.6 is 27.7 Å². The molecule has 3 aliphatic rings. The molecular formula is C17H14BrFN2O3S. The summed E-state index contributed by atoms with van der Waals surface area (Å²) in [6.07, 6.45) is -0.296. The summed E-state index contributed by atoms with van der Waals surface area (Å²) in [6, 6.07) is 4.80. The molecule has 1 N–H and O–H groups in total. The monoisotopic (exact) mass is 424 g/mol. The predicted octanol–water partition coefficient (Wildman–Crippen LogP) is 3.45. The largest absolute Gasteiger partial charge is 0.465 e. The van der Waals surface area contributed by atoms with E-state index in [1.54, 1.807) is 23.9 Å². The highest BCUT2D eigenvalue weighted by molar-refractivity contribution is 9.10. The molecule has 130 valence electrons. The van der Waals surface area contributed by atoms with E-state index in [4.69, 9.17) is 0 Å². The summed E-state index contributed by atoms with van der Waals surface area (Å²) >= 11 is 4.97. The molecule has 1 fully saturated rings. The van der Waals surface area contributed by atoms with E-state index in [1.807, 2.05) is 0 Å². The third kappa shape index (κ3) is 2.81. The Kier molecular flexibility index (Phi) is 4.19. The Balaban J connectivity index is 1.84. The predicted molar refractivity (Wildman–Crippen MR) is 96.8 cm³/mol. The number of carbonyl (C=O) groups excluding carboxylic acids is 1. The standard InChI is InChI=1S/C17H14BrFN2O3S/c18-9-5-8(1-2-10(9)19)14-15-12(20-11-3-4-25-16(11)14)6-21(17(23)24)7-13(15)22/h1-2,5,14,16H,3-4,6-7H2,(H,23,24). The summed E-state index contributed by atoms with van der Waals surface area (Å²) in [4.78, 5) is 29.7. The average Bonchev–Trinajstić information content (AvgIpc) is 3.03. The molecule has 0 radical (unpaired) electrons. The minimum Gasteiger partial charge on any atom is -0.465 e. The maximum absolute atomic E-state index is 13.7. The SMILES string of the molecule is O=C1CN(C(=O)O)CC2=C1C(c1ccc(F)c(Br)c1)C1SCCC1=N2. The van der Waals surface area contributed by atoms with E-state index >= 15 is 0 Å². The van der Waals surface area contributed by atoms with Gasteiger partial charge in [-0.2, -0.15) is 11.8 Å². The topological polar surface area (TPSA) is 70.0 Å². The molecule has 25 heavy (non-hydrogen) atoms. The van der Waals surface area contributed by atoms with E-state index in [9.17, 15) is 19.1 Å². The van der Waals surface area contributed by atoms with Gasteiger partial charge in [-0.1, -0.05) is 6.07 Å². The highest BCUT2D eigenvalue weighted by Gasteiger charge is 2.44. The molecule has 2 atom stereocenters. The highest BCUT2D eigenvalue weighted by atomic mass is 79.9. The van der Waals surface area contributed by atoms with Gasteiger partial charge in [-0.3, -0.25) is 14.7 Å². The Hall–Kier alpha value is -1.67. The lowest BCUT2D eigenvalue weighted by Crippen LogP contribution is -2.45. The van der Waals surface area contributed by atoms with Gasteiger partial charge in [0.2, 0.25) is 0 Å². The van der Waals surface area contributed by atoms with Crippen molar-refractivity contribution in [1.29, 1.82) is 0 Å². The van der Waals surface area contributed by atoms with Crippen molar-refractivity contribution in [2.45, 2.75) is 17.6 Å². The average molecular weight is 425 g/mol. The molecular weight excluding hydrogens is 411 g/mol. The molecule has 1 aromatic carbocycles. The summed E-state index contributed by atoms with van der Waals surface area (Å²) in [5.74, 6) is 0.133. The Morgan fingerprint density at radius 3 is 2.92 bits per heavy atom. The van der Waals surface area contributed by atoms with Crippen LogP contribution in [0.2, 0.25) is 0 Å². The van der Waals surface area contributed by atoms with E-state index in [2.05, 4.69) is 20.9 Å². The highest BCUT2D eigenvalue weighted by Crippen LogP contribution is 2.46. The van der Waals surface area contributed by atoms with Crippen molar-refractivity contribution in [3.05, 3.63) is 45.3 Å². The van der Waals surface area contributed by atoms with Gasteiger partial charge < -0.3 is 5.11 Å². The number of halogens is 2. The molecule has 0 saturated carbocycles. The lowest BCUT2D eigenvalue weighted by molar-refractivity contribution is -0.117. The van der Waals surface area contributed by atoms with Crippen molar-refractivity contribution in [3.63, 3.8) is 0 Å². The second-order valence-electron chi connectivity index (χ2n) is 6.22. The van der Waals surface area contributed by atoms with Crippen molar-refractivity contribution in [3.8, 4) is 0 Å². The maximum atomic E-state index is 13.7. The fraction of sp³-hybridized carbons (Fsp3) is 0.353. The number of Topliss-reactive ketones (excluding diaryl/α,β-unsaturated/α-hetero) is 1. The van der Waals surface area contributed by atoms with Gasteiger partial charge in [-0.05, 0) is 45.8 Å². The smallest absolute Gasteiger partial charge is 0.408 e. The summed E-state index contributed by atoms with van der Waals surface area (Å²) in [5.41, 5.74) is 2.97. The first-order chi connectivity index (χ1) is 12.0. The van der Waals surface area contributed by atoms with Gasteiger partial charge in [0.05, 0.1) is 28.5 Å². The van der Waals surface area contributed by atoms with Gasteiger partial charge >= 0.3 is 6.09 Å². The van der Waals surface area contributed by atoms with Gasteiger partial charge in [-0.15, -0.1) is 0 Å². The van der Waals surface area contributed by atoms with Crippen LogP contribution in [0.1, 0.15) is 17.9 Å². The molecule has 0 aliphatic carbocycles. The number of benzene rings is 1. The lowest BCUT2D eigenvalue weighted by Gasteiger charge is -2.36. The number of carboxylic acid groups (broad SMARTS) is 1. The van der Waals surface area contributed by atoms with Gasteiger partial charge in [0.1, 0.15) is 5.82 Å². The number of carbonyl (C=O) groups is 2. The van der Waals surface area contributed by atoms with Crippen LogP contribution < -0.4 is 0 Å². The Labute approximate surface area is 156 Å². The fourth-order valence-electron chi connectivity index (χ4n) is 3.63. The number of hydrogen-bond acceptors (Lipinski definition) is 4. The van der Waals surface area contributed by atoms with Crippen LogP contribution in [0.3, 0.4) is 0 Å². The molecule has 1 aromatic rings. The zero-order chi connectivity index (χ0) is 17.7. The lowest BCUT2D eigenvalue weighted by atomic mass is 9.79. The van der Waals surface area contributed by atoms with Crippen molar-refractivity contribution in [2.75, 3.05) is 18.8 Å². The van der Waals surface area contributed by atoms with E-state index < -0.39 is 6.09 Å². The molecule has 2 unspecified atom stereocenters. The number of aliphatic imine (C=N–C) groups is 1. The van der Waals surface area contributed by atoms with Gasteiger partial charge in [0.15, 0.2) is 5.78 Å². The second-order valence-corrected chi connectivity index (χ2v) is 8.32. The summed E-state index contributed by atoms with van der Waals surface area (Å²) < 4.78 is 14.0. The molecule has 0 bridgehead atoms. The van der Waals surface area contributed by atoms with Crippen LogP contribution in [-0.4, -0.2) is 51.7 Å². The maximum Gasteiger partial charge on any atom is 0.408 e. The molecule has 0 spiro atoms. The van der Waals surface area contributed by atoms with Crippen LogP contribution in [-0.2, 0) is 4.79 Å². The molecule has 3 heterocycles. The fourth-order valence-corrected chi connectivity index (χ4v) is 5.46. The summed E-state index contributed by atoms with van der Waals surface area (Å²) in [7, 11) is 0. The molecule has 8 heteroatoms.